The number of imidazole rings is 1. The largest absolute Gasteiger partial charge is 0.292 e. The quantitative estimate of drug-likeness (QED) is 0.176. The number of rotatable bonds is 6. The summed E-state index contributed by atoms with van der Waals surface area (Å²) in [6.45, 7) is 0. The fourth-order valence-corrected chi connectivity index (χ4v) is 7.28. The monoisotopic (exact) mass is 677 g/mol. The number of aromatic nitrogens is 5. The molecule has 2 heterocycles. The van der Waals surface area contributed by atoms with Crippen LogP contribution in [0, 0.1) is 0 Å². The van der Waals surface area contributed by atoms with Crippen molar-refractivity contribution in [2.45, 2.75) is 0 Å². The van der Waals surface area contributed by atoms with Crippen LogP contribution in [0.2, 0.25) is 0 Å². The topological polar surface area (TPSA) is 56.5 Å². The fraction of sp³-hybridized carbons (Fsp3) is 0. The SMILES string of the molecule is c1ccc(-c2nc(-c3ccc4ccccc4c3)nc(-c3cccc4c(-c5ccc(-c6nc7ccccc7n6-c6ccccc6)cc5)cccc34)n2)cc1. The van der Waals surface area contributed by atoms with Crippen molar-refractivity contribution >= 4 is 32.6 Å². The fourth-order valence-electron chi connectivity index (χ4n) is 7.28. The van der Waals surface area contributed by atoms with E-state index in [2.05, 4.69) is 150 Å². The average Bonchev–Trinajstić information content (AvgIpc) is 3.63. The lowest BCUT2D eigenvalue weighted by atomic mass is 9.94. The Hall–Kier alpha value is -7.24. The summed E-state index contributed by atoms with van der Waals surface area (Å²) in [5.74, 6) is 2.84. The van der Waals surface area contributed by atoms with Crippen LogP contribution in [0.5, 0.6) is 0 Å². The van der Waals surface area contributed by atoms with Crippen LogP contribution < -0.4 is 0 Å². The van der Waals surface area contributed by atoms with E-state index in [-0.39, 0.29) is 0 Å². The molecule has 0 unspecified atom stereocenters. The number of benzene rings is 8. The molecule has 0 aliphatic heterocycles. The molecule has 53 heavy (non-hydrogen) atoms. The van der Waals surface area contributed by atoms with Gasteiger partial charge in [-0.1, -0.05) is 158 Å². The summed E-state index contributed by atoms with van der Waals surface area (Å²) in [5, 5.41) is 4.53. The predicted octanol–water partition coefficient (Wildman–Crippen LogP) is 11.9. The third-order valence-corrected chi connectivity index (χ3v) is 9.87. The molecule has 10 aromatic rings. The predicted molar refractivity (Wildman–Crippen MR) is 217 cm³/mol. The second-order valence-corrected chi connectivity index (χ2v) is 13.1. The molecule has 0 N–H and O–H groups in total. The Morgan fingerprint density at radius 2 is 0.925 bits per heavy atom. The van der Waals surface area contributed by atoms with Gasteiger partial charge in [-0.2, -0.15) is 0 Å². The summed E-state index contributed by atoms with van der Waals surface area (Å²) in [6, 6.07) is 65.2. The minimum atomic E-state index is 0.639. The molecule has 8 aromatic carbocycles. The molecule has 2 aromatic heterocycles. The number of nitrogens with zero attached hydrogens (tertiary/aromatic N) is 5. The number of hydrogen-bond donors (Lipinski definition) is 0. The van der Waals surface area contributed by atoms with E-state index in [0.29, 0.717) is 17.5 Å². The second-order valence-electron chi connectivity index (χ2n) is 13.1. The maximum absolute atomic E-state index is 5.12. The normalized spacial score (nSPS) is 11.4. The Kier molecular flexibility index (Phi) is 7.40. The highest BCUT2D eigenvalue weighted by atomic mass is 15.1. The van der Waals surface area contributed by atoms with Gasteiger partial charge >= 0.3 is 0 Å². The molecule has 0 amide bonds. The molecule has 0 atom stereocenters. The molecule has 5 nitrogen and oxygen atoms in total. The van der Waals surface area contributed by atoms with E-state index in [9.17, 15) is 0 Å². The molecular weight excluding hydrogens is 647 g/mol. The van der Waals surface area contributed by atoms with E-state index >= 15 is 0 Å². The van der Waals surface area contributed by atoms with Crippen LogP contribution in [-0.2, 0) is 0 Å². The summed E-state index contributed by atoms with van der Waals surface area (Å²) in [5.41, 5.74) is 9.29. The van der Waals surface area contributed by atoms with Crippen LogP contribution in [-0.4, -0.2) is 24.5 Å². The standard InChI is InChI=1S/C48H31N5/c1-3-14-34(15-4-1)45-50-46(37-30-25-32-13-7-8-16-36(32)31-37)52-47(51-45)42-22-12-20-40-39(19-11-21-41(40)42)33-26-28-35(29-27-33)48-49-43-23-9-10-24-44(43)53(48)38-17-5-2-6-18-38/h1-31H. The first-order valence-corrected chi connectivity index (χ1v) is 17.7. The lowest BCUT2D eigenvalue weighted by Gasteiger charge is -2.13. The summed E-state index contributed by atoms with van der Waals surface area (Å²) in [4.78, 5) is 20.3. The summed E-state index contributed by atoms with van der Waals surface area (Å²) in [6.07, 6.45) is 0. The second kappa shape index (κ2) is 12.8. The molecule has 0 aliphatic rings. The number of hydrogen-bond acceptors (Lipinski definition) is 4. The Morgan fingerprint density at radius 3 is 1.72 bits per heavy atom. The van der Waals surface area contributed by atoms with Gasteiger partial charge in [0.15, 0.2) is 17.5 Å². The summed E-state index contributed by atoms with van der Waals surface area (Å²) < 4.78 is 2.24. The smallest absolute Gasteiger partial charge is 0.164 e. The molecule has 5 heteroatoms. The Bertz CT molecular complexity index is 2930. The first-order valence-electron chi connectivity index (χ1n) is 17.7. The van der Waals surface area contributed by atoms with Crippen LogP contribution in [0.3, 0.4) is 0 Å². The zero-order valence-electron chi connectivity index (χ0n) is 28.6. The maximum Gasteiger partial charge on any atom is 0.164 e. The molecule has 0 fully saturated rings. The highest BCUT2D eigenvalue weighted by molar-refractivity contribution is 6.04. The van der Waals surface area contributed by atoms with Crippen LogP contribution in [0.15, 0.2) is 188 Å². The zero-order valence-corrected chi connectivity index (χ0v) is 28.6. The van der Waals surface area contributed by atoms with Gasteiger partial charge in [0, 0.05) is 27.9 Å². The van der Waals surface area contributed by atoms with Crippen molar-refractivity contribution in [1.82, 2.24) is 24.5 Å². The lowest BCUT2D eigenvalue weighted by molar-refractivity contribution is 1.08. The van der Waals surface area contributed by atoms with E-state index in [1.54, 1.807) is 0 Å². The minimum Gasteiger partial charge on any atom is -0.292 e. The summed E-state index contributed by atoms with van der Waals surface area (Å²) in [7, 11) is 0. The van der Waals surface area contributed by atoms with Crippen molar-refractivity contribution in [2.75, 3.05) is 0 Å². The minimum absolute atomic E-state index is 0.639. The molecule has 0 saturated carbocycles. The zero-order chi connectivity index (χ0) is 35.1. The van der Waals surface area contributed by atoms with E-state index < -0.39 is 0 Å². The van der Waals surface area contributed by atoms with E-state index in [1.807, 2.05) is 42.5 Å². The van der Waals surface area contributed by atoms with Gasteiger partial charge in [-0.3, -0.25) is 4.57 Å². The van der Waals surface area contributed by atoms with Crippen molar-refractivity contribution < 1.29 is 0 Å². The van der Waals surface area contributed by atoms with Crippen molar-refractivity contribution in [3.63, 3.8) is 0 Å². The van der Waals surface area contributed by atoms with Crippen molar-refractivity contribution in [2.24, 2.45) is 0 Å². The highest BCUT2D eigenvalue weighted by Crippen LogP contribution is 2.37. The van der Waals surface area contributed by atoms with Gasteiger partial charge in [0.05, 0.1) is 11.0 Å². The van der Waals surface area contributed by atoms with Gasteiger partial charge in [0.1, 0.15) is 5.82 Å². The number of para-hydroxylation sites is 3. The van der Waals surface area contributed by atoms with Crippen LogP contribution >= 0.6 is 0 Å². The first-order chi connectivity index (χ1) is 26.3. The maximum atomic E-state index is 5.12. The molecular formula is C48H31N5. The van der Waals surface area contributed by atoms with Gasteiger partial charge in [0.25, 0.3) is 0 Å². The van der Waals surface area contributed by atoms with Crippen LogP contribution in [0.4, 0.5) is 0 Å². The van der Waals surface area contributed by atoms with E-state index in [0.717, 1.165) is 72.1 Å². The molecule has 0 aliphatic carbocycles. The number of fused-ring (bicyclic) bond motifs is 3. The van der Waals surface area contributed by atoms with Gasteiger partial charge in [-0.05, 0) is 63.0 Å². The van der Waals surface area contributed by atoms with E-state index in [1.165, 1.54) is 5.39 Å². The Balaban J connectivity index is 1.08. The van der Waals surface area contributed by atoms with Crippen LogP contribution in [0.25, 0.3) is 94.9 Å². The third kappa shape index (κ3) is 5.52. The lowest BCUT2D eigenvalue weighted by Crippen LogP contribution is -2.00. The third-order valence-electron chi connectivity index (χ3n) is 9.87. The first kappa shape index (κ1) is 30.6. The Labute approximate surface area is 306 Å². The molecule has 0 bridgehead atoms. The average molecular weight is 678 g/mol. The molecule has 0 saturated heterocycles. The highest BCUT2D eigenvalue weighted by Gasteiger charge is 2.17. The molecule has 248 valence electrons. The van der Waals surface area contributed by atoms with Crippen molar-refractivity contribution in [1.29, 1.82) is 0 Å². The molecule has 10 rings (SSSR count). The van der Waals surface area contributed by atoms with E-state index in [4.69, 9.17) is 19.9 Å². The van der Waals surface area contributed by atoms with Gasteiger partial charge in [0.2, 0.25) is 0 Å². The van der Waals surface area contributed by atoms with Crippen LogP contribution in [0.1, 0.15) is 0 Å². The van der Waals surface area contributed by atoms with Gasteiger partial charge in [-0.15, -0.1) is 0 Å². The Morgan fingerprint density at radius 1 is 0.340 bits per heavy atom. The van der Waals surface area contributed by atoms with Gasteiger partial charge < -0.3 is 0 Å². The molecule has 0 radical (unpaired) electrons. The van der Waals surface area contributed by atoms with Crippen molar-refractivity contribution in [3.05, 3.63) is 188 Å². The summed E-state index contributed by atoms with van der Waals surface area (Å²) >= 11 is 0. The van der Waals surface area contributed by atoms with Gasteiger partial charge in [-0.25, -0.2) is 19.9 Å². The van der Waals surface area contributed by atoms with Crippen molar-refractivity contribution in [3.8, 4) is 62.4 Å². The molecule has 0 spiro atoms.